The summed E-state index contributed by atoms with van der Waals surface area (Å²) in [6.07, 6.45) is 1.70. The molecule has 0 unspecified atom stereocenters. The molecule has 0 atom stereocenters. The fraction of sp³-hybridized carbons (Fsp3) is 0.125. The number of nitrogen functional groups attached to an aromatic ring is 1. The second-order valence-corrected chi connectivity index (χ2v) is 4.70. The Morgan fingerprint density at radius 3 is 3.20 bits per heavy atom. The van der Waals surface area contributed by atoms with E-state index in [-0.39, 0.29) is 0 Å². The standard InChI is InChI=1S/C8H9N5S2/c9-12-7-6(2-1-3-10-7)4-14-8-13-11-5-15-8/h1-3,5H,4,9H2,(H,10,12). The van der Waals surface area contributed by atoms with Gasteiger partial charge in [-0.25, -0.2) is 10.8 Å². The Labute approximate surface area is 95.1 Å². The Bertz CT molecular complexity index is 417. The van der Waals surface area contributed by atoms with Crippen LogP contribution in [0.2, 0.25) is 0 Å². The third-order valence-electron chi connectivity index (χ3n) is 1.72. The highest BCUT2D eigenvalue weighted by molar-refractivity contribution is 8.00. The highest BCUT2D eigenvalue weighted by Crippen LogP contribution is 2.25. The number of hydrazine groups is 1. The van der Waals surface area contributed by atoms with E-state index in [1.807, 2.05) is 12.1 Å². The minimum absolute atomic E-state index is 0.703. The number of thioether (sulfide) groups is 1. The maximum absolute atomic E-state index is 5.35. The highest BCUT2D eigenvalue weighted by Gasteiger charge is 2.04. The molecule has 2 aromatic heterocycles. The summed E-state index contributed by atoms with van der Waals surface area (Å²) in [5, 5.41) is 7.72. The fourth-order valence-corrected chi connectivity index (χ4v) is 2.52. The van der Waals surface area contributed by atoms with Gasteiger partial charge in [0.2, 0.25) is 0 Å². The number of aromatic nitrogens is 3. The van der Waals surface area contributed by atoms with Crippen molar-refractivity contribution in [3.05, 3.63) is 29.4 Å². The molecule has 0 saturated heterocycles. The van der Waals surface area contributed by atoms with E-state index in [0.717, 1.165) is 15.7 Å². The molecule has 7 heteroatoms. The summed E-state index contributed by atoms with van der Waals surface area (Å²) in [6.45, 7) is 0. The van der Waals surface area contributed by atoms with Crippen LogP contribution in [0.1, 0.15) is 5.56 Å². The second kappa shape index (κ2) is 5.06. The Balaban J connectivity index is 2.04. The van der Waals surface area contributed by atoms with Crippen molar-refractivity contribution in [2.24, 2.45) is 5.84 Å². The van der Waals surface area contributed by atoms with Crippen molar-refractivity contribution in [2.45, 2.75) is 10.1 Å². The molecule has 0 aromatic carbocycles. The number of nitrogens with two attached hydrogens (primary N) is 1. The molecule has 5 nitrogen and oxygen atoms in total. The van der Waals surface area contributed by atoms with Gasteiger partial charge in [-0.1, -0.05) is 29.2 Å². The number of pyridine rings is 1. The summed E-state index contributed by atoms with van der Waals surface area (Å²) in [5.74, 6) is 6.84. The van der Waals surface area contributed by atoms with Gasteiger partial charge in [-0.15, -0.1) is 10.2 Å². The van der Waals surface area contributed by atoms with Crippen LogP contribution in [0.5, 0.6) is 0 Å². The van der Waals surface area contributed by atoms with Crippen LogP contribution >= 0.6 is 23.1 Å². The fourth-order valence-electron chi connectivity index (χ4n) is 1.05. The van der Waals surface area contributed by atoms with E-state index >= 15 is 0 Å². The Kier molecular flexibility index (Phi) is 3.49. The predicted molar refractivity (Wildman–Crippen MR) is 61.5 cm³/mol. The molecule has 0 saturated carbocycles. The molecule has 2 aromatic rings. The maximum atomic E-state index is 5.35. The molecule has 15 heavy (non-hydrogen) atoms. The largest absolute Gasteiger partial charge is 0.308 e. The molecule has 3 N–H and O–H groups in total. The average Bonchev–Trinajstić information content (AvgIpc) is 2.79. The number of hydrogen-bond acceptors (Lipinski definition) is 7. The summed E-state index contributed by atoms with van der Waals surface area (Å²) in [5.41, 5.74) is 5.34. The van der Waals surface area contributed by atoms with Gasteiger partial charge in [0.15, 0.2) is 4.34 Å². The first-order valence-electron chi connectivity index (χ1n) is 4.19. The molecule has 0 aliphatic carbocycles. The molecule has 0 fully saturated rings. The summed E-state index contributed by atoms with van der Waals surface area (Å²) >= 11 is 3.14. The zero-order valence-electron chi connectivity index (χ0n) is 7.75. The third kappa shape index (κ3) is 2.65. The van der Waals surface area contributed by atoms with E-state index in [1.54, 1.807) is 23.5 Å². The van der Waals surface area contributed by atoms with Crippen LogP contribution in [0.3, 0.4) is 0 Å². The van der Waals surface area contributed by atoms with Gasteiger partial charge in [-0.3, -0.25) is 0 Å². The van der Waals surface area contributed by atoms with E-state index in [1.165, 1.54) is 11.3 Å². The Hall–Kier alpha value is -1.18. The lowest BCUT2D eigenvalue weighted by Crippen LogP contribution is -2.10. The first-order chi connectivity index (χ1) is 7.40. The Morgan fingerprint density at radius 1 is 1.53 bits per heavy atom. The molecular weight excluding hydrogens is 230 g/mol. The summed E-state index contributed by atoms with van der Waals surface area (Å²) < 4.78 is 0.946. The number of nitrogens with one attached hydrogen (secondary N) is 1. The van der Waals surface area contributed by atoms with Gasteiger partial charge in [0.1, 0.15) is 11.3 Å². The maximum Gasteiger partial charge on any atom is 0.174 e. The molecule has 0 spiro atoms. The van der Waals surface area contributed by atoms with Crippen molar-refractivity contribution in [1.82, 2.24) is 15.2 Å². The average molecular weight is 239 g/mol. The molecule has 0 aliphatic heterocycles. The van der Waals surface area contributed by atoms with Crippen LogP contribution in [0, 0.1) is 0 Å². The van der Waals surface area contributed by atoms with E-state index in [4.69, 9.17) is 5.84 Å². The van der Waals surface area contributed by atoms with Gasteiger partial charge in [-0.2, -0.15) is 0 Å². The van der Waals surface area contributed by atoms with Crippen molar-refractivity contribution < 1.29 is 0 Å². The molecule has 78 valence electrons. The third-order valence-corrected chi connectivity index (χ3v) is 3.63. The van der Waals surface area contributed by atoms with Crippen molar-refractivity contribution in [1.29, 1.82) is 0 Å². The van der Waals surface area contributed by atoms with Crippen molar-refractivity contribution in [2.75, 3.05) is 5.43 Å². The molecule has 2 rings (SSSR count). The molecule has 0 aliphatic rings. The zero-order valence-corrected chi connectivity index (χ0v) is 9.38. The minimum Gasteiger partial charge on any atom is -0.308 e. The predicted octanol–water partition coefficient (Wildman–Crippen LogP) is 1.51. The van der Waals surface area contributed by atoms with E-state index in [9.17, 15) is 0 Å². The van der Waals surface area contributed by atoms with Crippen LogP contribution < -0.4 is 11.3 Å². The molecule has 0 amide bonds. The van der Waals surface area contributed by atoms with Crippen LogP contribution in [0.4, 0.5) is 5.82 Å². The second-order valence-electron chi connectivity index (χ2n) is 2.65. The van der Waals surface area contributed by atoms with Gasteiger partial charge < -0.3 is 5.43 Å². The highest BCUT2D eigenvalue weighted by atomic mass is 32.2. The SMILES string of the molecule is NNc1ncccc1CSc1nncs1. The Morgan fingerprint density at radius 2 is 2.47 bits per heavy atom. The van der Waals surface area contributed by atoms with Crippen molar-refractivity contribution >= 4 is 28.9 Å². The number of hydrogen-bond donors (Lipinski definition) is 2. The summed E-state index contributed by atoms with van der Waals surface area (Å²) in [6, 6.07) is 3.87. The van der Waals surface area contributed by atoms with Crippen molar-refractivity contribution in [3.8, 4) is 0 Å². The van der Waals surface area contributed by atoms with E-state index in [0.29, 0.717) is 5.82 Å². The monoisotopic (exact) mass is 239 g/mol. The zero-order chi connectivity index (χ0) is 10.5. The topological polar surface area (TPSA) is 76.7 Å². The summed E-state index contributed by atoms with van der Waals surface area (Å²) in [4.78, 5) is 4.12. The lowest BCUT2D eigenvalue weighted by molar-refractivity contribution is 1.01. The van der Waals surface area contributed by atoms with Crippen LogP contribution in [-0.2, 0) is 5.75 Å². The first-order valence-corrected chi connectivity index (χ1v) is 6.06. The van der Waals surface area contributed by atoms with Gasteiger partial charge in [0.25, 0.3) is 0 Å². The lowest BCUT2D eigenvalue weighted by Gasteiger charge is -2.05. The lowest BCUT2D eigenvalue weighted by atomic mass is 10.3. The normalized spacial score (nSPS) is 10.2. The molecule has 0 bridgehead atoms. The molecule has 0 radical (unpaired) electrons. The van der Waals surface area contributed by atoms with Crippen LogP contribution in [0.15, 0.2) is 28.2 Å². The van der Waals surface area contributed by atoms with Gasteiger partial charge in [0.05, 0.1) is 0 Å². The summed E-state index contributed by atoms with van der Waals surface area (Å²) in [7, 11) is 0. The number of nitrogens with zero attached hydrogens (tertiary/aromatic N) is 3. The number of anilines is 1. The number of rotatable bonds is 4. The molecular formula is C8H9N5S2. The smallest absolute Gasteiger partial charge is 0.174 e. The van der Waals surface area contributed by atoms with Gasteiger partial charge in [-0.05, 0) is 6.07 Å². The quantitative estimate of drug-likeness (QED) is 0.478. The van der Waals surface area contributed by atoms with E-state index < -0.39 is 0 Å². The van der Waals surface area contributed by atoms with Gasteiger partial charge >= 0.3 is 0 Å². The van der Waals surface area contributed by atoms with E-state index in [2.05, 4.69) is 20.6 Å². The van der Waals surface area contributed by atoms with Crippen LogP contribution in [-0.4, -0.2) is 15.2 Å². The molecule has 2 heterocycles. The van der Waals surface area contributed by atoms with Crippen molar-refractivity contribution in [3.63, 3.8) is 0 Å². The first kappa shape index (κ1) is 10.3. The minimum atomic E-state index is 0.703. The van der Waals surface area contributed by atoms with Gasteiger partial charge in [0, 0.05) is 17.5 Å². The van der Waals surface area contributed by atoms with Crippen LogP contribution in [0.25, 0.3) is 0 Å².